The standard InChI is InChI=1S/C14H28N2OS/c1-13(2)12-11(6-5-8-17-12)14(13,15)10-16(3)7-9-18-4/h11-12H,5-10,15H2,1-4H3. The summed E-state index contributed by atoms with van der Waals surface area (Å²) in [5.74, 6) is 1.73. The van der Waals surface area contributed by atoms with Crippen LogP contribution in [-0.2, 0) is 4.74 Å². The van der Waals surface area contributed by atoms with Crippen LogP contribution in [-0.4, -0.2) is 55.3 Å². The van der Waals surface area contributed by atoms with Gasteiger partial charge >= 0.3 is 0 Å². The summed E-state index contributed by atoms with van der Waals surface area (Å²) in [5, 5.41) is 0. The van der Waals surface area contributed by atoms with E-state index in [0.717, 1.165) is 19.7 Å². The SMILES string of the molecule is CSCCN(C)CC1(N)C2CCCOC2C1(C)C. The van der Waals surface area contributed by atoms with Gasteiger partial charge in [-0.25, -0.2) is 0 Å². The molecule has 2 N–H and O–H groups in total. The van der Waals surface area contributed by atoms with Crippen molar-refractivity contribution in [2.75, 3.05) is 38.8 Å². The predicted octanol–water partition coefficient (Wildman–Crippen LogP) is 1.81. The number of fused-ring (bicyclic) bond motifs is 1. The van der Waals surface area contributed by atoms with Crippen molar-refractivity contribution in [2.24, 2.45) is 17.1 Å². The molecule has 0 aromatic carbocycles. The van der Waals surface area contributed by atoms with Crippen molar-refractivity contribution >= 4 is 11.8 Å². The minimum atomic E-state index is -0.0781. The van der Waals surface area contributed by atoms with E-state index in [9.17, 15) is 0 Å². The van der Waals surface area contributed by atoms with Crippen LogP contribution in [0.15, 0.2) is 0 Å². The minimum Gasteiger partial charge on any atom is -0.377 e. The zero-order valence-corrected chi connectivity index (χ0v) is 13.1. The molecule has 0 amide bonds. The van der Waals surface area contributed by atoms with Gasteiger partial charge in [-0.1, -0.05) is 13.8 Å². The maximum atomic E-state index is 6.78. The molecule has 0 radical (unpaired) electrons. The van der Waals surface area contributed by atoms with Crippen LogP contribution in [0.3, 0.4) is 0 Å². The summed E-state index contributed by atoms with van der Waals surface area (Å²) in [6, 6.07) is 0. The third-order valence-electron chi connectivity index (χ3n) is 5.10. The second-order valence-corrected chi connectivity index (χ2v) is 7.52. The van der Waals surface area contributed by atoms with Gasteiger partial charge in [0, 0.05) is 42.3 Å². The highest BCUT2D eigenvalue weighted by molar-refractivity contribution is 7.98. The van der Waals surface area contributed by atoms with E-state index in [0.29, 0.717) is 12.0 Å². The lowest BCUT2D eigenvalue weighted by atomic mass is 9.46. The fourth-order valence-corrected chi connectivity index (χ4v) is 4.25. The Hall–Kier alpha value is 0.230. The van der Waals surface area contributed by atoms with E-state index in [1.807, 2.05) is 11.8 Å². The largest absolute Gasteiger partial charge is 0.377 e. The molecule has 3 nitrogen and oxygen atoms in total. The van der Waals surface area contributed by atoms with Crippen molar-refractivity contribution in [2.45, 2.75) is 38.3 Å². The van der Waals surface area contributed by atoms with Crippen LogP contribution in [0.5, 0.6) is 0 Å². The third-order valence-corrected chi connectivity index (χ3v) is 5.69. The van der Waals surface area contributed by atoms with Crippen LogP contribution >= 0.6 is 11.8 Å². The Morgan fingerprint density at radius 2 is 2.17 bits per heavy atom. The number of rotatable bonds is 5. The van der Waals surface area contributed by atoms with Crippen molar-refractivity contribution in [3.05, 3.63) is 0 Å². The summed E-state index contributed by atoms with van der Waals surface area (Å²) in [5.41, 5.74) is 6.80. The van der Waals surface area contributed by atoms with Gasteiger partial charge in [-0.2, -0.15) is 11.8 Å². The van der Waals surface area contributed by atoms with E-state index in [4.69, 9.17) is 10.5 Å². The molecule has 18 heavy (non-hydrogen) atoms. The van der Waals surface area contributed by atoms with Crippen molar-refractivity contribution in [3.63, 3.8) is 0 Å². The van der Waals surface area contributed by atoms with E-state index in [-0.39, 0.29) is 11.0 Å². The van der Waals surface area contributed by atoms with Gasteiger partial charge in [0.05, 0.1) is 6.10 Å². The number of ether oxygens (including phenoxy) is 1. The first-order chi connectivity index (χ1) is 8.43. The highest BCUT2D eigenvalue weighted by Crippen LogP contribution is 2.57. The van der Waals surface area contributed by atoms with E-state index in [2.05, 4.69) is 32.1 Å². The van der Waals surface area contributed by atoms with Crippen molar-refractivity contribution in [3.8, 4) is 0 Å². The smallest absolute Gasteiger partial charge is 0.0690 e. The number of hydrogen-bond donors (Lipinski definition) is 1. The van der Waals surface area contributed by atoms with E-state index >= 15 is 0 Å². The lowest BCUT2D eigenvalue weighted by molar-refractivity contribution is -0.231. The lowest BCUT2D eigenvalue weighted by Crippen LogP contribution is -2.80. The molecule has 1 heterocycles. The molecule has 0 spiro atoms. The highest BCUT2D eigenvalue weighted by atomic mass is 32.2. The van der Waals surface area contributed by atoms with Crippen molar-refractivity contribution in [1.82, 2.24) is 4.90 Å². The van der Waals surface area contributed by atoms with Gasteiger partial charge in [0.2, 0.25) is 0 Å². The van der Waals surface area contributed by atoms with E-state index < -0.39 is 0 Å². The van der Waals surface area contributed by atoms with Gasteiger partial charge in [-0.3, -0.25) is 0 Å². The predicted molar refractivity (Wildman–Crippen MR) is 79.0 cm³/mol. The molecule has 1 saturated carbocycles. The Labute approximate surface area is 116 Å². The molecule has 0 aromatic heterocycles. The Kier molecular flexibility index (Phi) is 4.32. The molecule has 0 bridgehead atoms. The quantitative estimate of drug-likeness (QED) is 0.828. The number of thioether (sulfide) groups is 1. The summed E-state index contributed by atoms with van der Waals surface area (Å²) in [6.07, 6.45) is 4.95. The zero-order chi connectivity index (χ0) is 13.4. The number of likely N-dealkylation sites (N-methyl/N-ethyl adjacent to an activating group) is 1. The van der Waals surface area contributed by atoms with Crippen LogP contribution < -0.4 is 5.73 Å². The van der Waals surface area contributed by atoms with Crippen LogP contribution in [0, 0.1) is 11.3 Å². The van der Waals surface area contributed by atoms with Gasteiger partial charge in [0.25, 0.3) is 0 Å². The summed E-state index contributed by atoms with van der Waals surface area (Å²) < 4.78 is 5.95. The van der Waals surface area contributed by atoms with Gasteiger partial charge < -0.3 is 15.4 Å². The fourth-order valence-electron chi connectivity index (χ4n) is 3.76. The maximum Gasteiger partial charge on any atom is 0.0690 e. The van der Waals surface area contributed by atoms with Gasteiger partial charge in [-0.05, 0) is 26.1 Å². The fraction of sp³-hybridized carbons (Fsp3) is 1.00. The molecule has 106 valence electrons. The second-order valence-electron chi connectivity index (χ2n) is 6.53. The van der Waals surface area contributed by atoms with Crippen LogP contribution in [0.1, 0.15) is 26.7 Å². The summed E-state index contributed by atoms with van der Waals surface area (Å²) in [7, 11) is 2.19. The van der Waals surface area contributed by atoms with Crippen LogP contribution in [0.2, 0.25) is 0 Å². The van der Waals surface area contributed by atoms with E-state index in [1.54, 1.807) is 0 Å². The molecule has 2 fully saturated rings. The average Bonchev–Trinajstić information content (AvgIpc) is 2.36. The first kappa shape index (κ1) is 14.6. The number of hydrogen-bond acceptors (Lipinski definition) is 4. The monoisotopic (exact) mass is 272 g/mol. The molecular weight excluding hydrogens is 244 g/mol. The summed E-state index contributed by atoms with van der Waals surface area (Å²) in [6.45, 7) is 7.59. The Bertz CT molecular complexity index is 298. The summed E-state index contributed by atoms with van der Waals surface area (Å²) >= 11 is 1.90. The van der Waals surface area contributed by atoms with Gasteiger partial charge in [0.15, 0.2) is 0 Å². The topological polar surface area (TPSA) is 38.5 Å². The highest BCUT2D eigenvalue weighted by Gasteiger charge is 2.66. The normalized spacial score (nSPS) is 38.3. The molecule has 0 aromatic rings. The second kappa shape index (κ2) is 5.31. The van der Waals surface area contributed by atoms with Crippen molar-refractivity contribution < 1.29 is 4.74 Å². The Morgan fingerprint density at radius 3 is 2.83 bits per heavy atom. The molecule has 2 rings (SSSR count). The first-order valence-corrected chi connectivity index (χ1v) is 8.41. The zero-order valence-electron chi connectivity index (χ0n) is 12.2. The minimum absolute atomic E-state index is 0.0781. The number of nitrogens with two attached hydrogens (primary N) is 1. The maximum absolute atomic E-state index is 6.78. The molecule has 3 atom stereocenters. The molecular formula is C14H28N2OS. The molecule has 4 heteroatoms. The van der Waals surface area contributed by atoms with Crippen LogP contribution in [0.4, 0.5) is 0 Å². The molecule has 1 aliphatic heterocycles. The lowest BCUT2D eigenvalue weighted by Gasteiger charge is -2.67. The van der Waals surface area contributed by atoms with E-state index in [1.165, 1.54) is 18.6 Å². The molecule has 2 aliphatic rings. The first-order valence-electron chi connectivity index (χ1n) is 7.01. The molecule has 1 aliphatic carbocycles. The van der Waals surface area contributed by atoms with Gasteiger partial charge in [-0.15, -0.1) is 0 Å². The Morgan fingerprint density at radius 1 is 1.44 bits per heavy atom. The third kappa shape index (κ3) is 2.21. The summed E-state index contributed by atoms with van der Waals surface area (Å²) in [4.78, 5) is 2.39. The van der Waals surface area contributed by atoms with Gasteiger partial charge in [0.1, 0.15) is 0 Å². The number of nitrogens with zero attached hydrogens (tertiary/aromatic N) is 1. The average molecular weight is 272 g/mol. The van der Waals surface area contributed by atoms with Crippen molar-refractivity contribution in [1.29, 1.82) is 0 Å². The Balaban J connectivity index is 2.00. The van der Waals surface area contributed by atoms with Crippen LogP contribution in [0.25, 0.3) is 0 Å². The molecule has 1 saturated heterocycles. The molecule has 3 unspecified atom stereocenters.